The zero-order chi connectivity index (χ0) is 18.1. The van der Waals surface area contributed by atoms with E-state index in [2.05, 4.69) is 16.2 Å². The van der Waals surface area contributed by atoms with Crippen molar-refractivity contribution >= 4 is 23.9 Å². The van der Waals surface area contributed by atoms with Gasteiger partial charge < -0.3 is 14.9 Å². The van der Waals surface area contributed by atoms with E-state index < -0.39 is 41.2 Å². The van der Waals surface area contributed by atoms with E-state index in [9.17, 15) is 19.2 Å². The van der Waals surface area contributed by atoms with Crippen LogP contribution in [-0.4, -0.2) is 46.2 Å². The minimum Gasteiger partial charge on any atom is -0.444 e. The number of amides is 3. The summed E-state index contributed by atoms with van der Waals surface area (Å²) in [5, 5.41) is 2.86. The number of nitrogens with one attached hydrogen (secondary N) is 3. The van der Waals surface area contributed by atoms with Crippen LogP contribution in [-0.2, 0) is 24.0 Å². The predicted molar refractivity (Wildman–Crippen MR) is 79.6 cm³/mol. The molecule has 0 aromatic rings. The molecule has 10 heteroatoms. The Morgan fingerprint density at radius 3 is 2.25 bits per heavy atom. The Balaban J connectivity index is 2.02. The molecular formula is C14H22N4O6. The summed E-state index contributed by atoms with van der Waals surface area (Å²) in [4.78, 5) is 52.2. The largest absolute Gasteiger partial charge is 0.444 e. The Labute approximate surface area is 139 Å². The molecule has 2 heterocycles. The molecule has 0 aromatic heterocycles. The molecule has 0 spiro atoms. The minimum atomic E-state index is -1.10. The Bertz CT molecular complexity index is 550. The SMILES string of the molecule is CC1(C[C@H](NC(=O)OC(C)(C)C)C(=O)ON2C(=O)CCC2=O)NN1. The standard InChI is InChI=1S/C14H22N4O6/c1-13(2,3)23-12(22)15-8(7-14(4)16-17-14)11(21)24-18-9(19)5-6-10(18)20/h8,16-17H,5-7H2,1-4H3,(H,15,22)/t8-/m0/s1. The van der Waals surface area contributed by atoms with Gasteiger partial charge in [-0.15, -0.1) is 5.06 Å². The first-order valence-electron chi connectivity index (χ1n) is 7.60. The van der Waals surface area contributed by atoms with Crippen molar-refractivity contribution in [3.8, 4) is 0 Å². The molecule has 24 heavy (non-hydrogen) atoms. The van der Waals surface area contributed by atoms with Gasteiger partial charge in [0.05, 0.1) is 5.66 Å². The Kier molecular flexibility index (Phi) is 4.81. The van der Waals surface area contributed by atoms with Crippen molar-refractivity contribution in [2.45, 2.75) is 64.3 Å². The number of nitrogens with zero attached hydrogens (tertiary/aromatic N) is 1. The summed E-state index contributed by atoms with van der Waals surface area (Å²) in [6, 6.07) is -1.10. The first-order valence-corrected chi connectivity index (χ1v) is 7.60. The highest BCUT2D eigenvalue weighted by Crippen LogP contribution is 2.19. The number of hydrogen-bond donors (Lipinski definition) is 3. The molecule has 0 bridgehead atoms. The molecule has 10 nitrogen and oxygen atoms in total. The molecule has 2 aliphatic heterocycles. The quantitative estimate of drug-likeness (QED) is 0.456. The topological polar surface area (TPSA) is 146 Å². The van der Waals surface area contributed by atoms with Crippen LogP contribution >= 0.6 is 0 Å². The van der Waals surface area contributed by atoms with Gasteiger partial charge >= 0.3 is 12.1 Å². The van der Waals surface area contributed by atoms with Gasteiger partial charge in [-0.2, -0.15) is 0 Å². The number of carbonyl (C=O) groups is 4. The second kappa shape index (κ2) is 6.36. The highest BCUT2D eigenvalue weighted by atomic mass is 16.7. The first-order chi connectivity index (χ1) is 11.0. The van der Waals surface area contributed by atoms with E-state index in [-0.39, 0.29) is 19.3 Å². The summed E-state index contributed by atoms with van der Waals surface area (Å²) in [5.74, 6) is -2.09. The van der Waals surface area contributed by atoms with Crippen LogP contribution in [0.1, 0.15) is 47.0 Å². The third-order valence-corrected chi connectivity index (χ3v) is 3.33. The predicted octanol–water partition coefficient (Wildman–Crippen LogP) is -0.299. The molecule has 3 amide bonds. The summed E-state index contributed by atoms with van der Waals surface area (Å²) in [5.41, 5.74) is 4.37. The van der Waals surface area contributed by atoms with Gasteiger partial charge in [-0.3, -0.25) is 9.59 Å². The average Bonchev–Trinajstić information content (AvgIpc) is 3.07. The van der Waals surface area contributed by atoms with E-state index in [0.717, 1.165) is 0 Å². The number of ether oxygens (including phenoxy) is 1. The van der Waals surface area contributed by atoms with Crippen molar-refractivity contribution in [1.82, 2.24) is 21.2 Å². The van der Waals surface area contributed by atoms with Crippen LogP contribution in [0.5, 0.6) is 0 Å². The maximum absolute atomic E-state index is 12.3. The van der Waals surface area contributed by atoms with Crippen LogP contribution in [0, 0.1) is 0 Å². The van der Waals surface area contributed by atoms with Crippen molar-refractivity contribution in [3.63, 3.8) is 0 Å². The lowest BCUT2D eigenvalue weighted by Crippen LogP contribution is -2.48. The number of hydrogen-bond acceptors (Lipinski definition) is 8. The highest BCUT2D eigenvalue weighted by Gasteiger charge is 2.43. The second-order valence-corrected chi connectivity index (χ2v) is 6.98. The molecule has 2 rings (SSSR count). The van der Waals surface area contributed by atoms with Crippen LogP contribution in [0.4, 0.5) is 4.79 Å². The summed E-state index contributed by atoms with van der Waals surface area (Å²) >= 11 is 0. The third kappa shape index (κ3) is 4.90. The van der Waals surface area contributed by atoms with Gasteiger partial charge in [0.15, 0.2) is 0 Å². The molecule has 134 valence electrons. The summed E-state index contributed by atoms with van der Waals surface area (Å²) in [6.07, 6.45) is -0.664. The average molecular weight is 342 g/mol. The fourth-order valence-corrected chi connectivity index (χ4v) is 2.07. The Hall–Kier alpha value is -2.20. The fourth-order valence-electron chi connectivity index (χ4n) is 2.07. The lowest BCUT2D eigenvalue weighted by Gasteiger charge is -2.24. The van der Waals surface area contributed by atoms with E-state index in [1.165, 1.54) is 0 Å². The number of hydrazine groups is 1. The Morgan fingerprint density at radius 2 is 1.79 bits per heavy atom. The minimum absolute atomic E-state index is 0.00288. The first kappa shape index (κ1) is 18.1. The second-order valence-electron chi connectivity index (χ2n) is 6.98. The lowest BCUT2D eigenvalue weighted by molar-refractivity contribution is -0.199. The van der Waals surface area contributed by atoms with Gasteiger partial charge in [-0.25, -0.2) is 20.4 Å². The molecule has 0 saturated carbocycles. The van der Waals surface area contributed by atoms with Gasteiger partial charge in [-0.05, 0) is 27.7 Å². The van der Waals surface area contributed by atoms with E-state index >= 15 is 0 Å². The van der Waals surface area contributed by atoms with Gasteiger partial charge in [0.25, 0.3) is 11.8 Å². The van der Waals surface area contributed by atoms with Crippen LogP contribution < -0.4 is 16.2 Å². The van der Waals surface area contributed by atoms with Crippen molar-refractivity contribution in [1.29, 1.82) is 0 Å². The molecule has 2 aliphatic rings. The van der Waals surface area contributed by atoms with E-state index in [1.807, 2.05) is 0 Å². The number of carbonyl (C=O) groups excluding carboxylic acids is 4. The number of rotatable bonds is 5. The molecule has 0 radical (unpaired) electrons. The molecule has 0 aromatic carbocycles. The normalized spacial score (nSPS) is 20.6. The summed E-state index contributed by atoms with van der Waals surface area (Å²) < 4.78 is 5.12. The Morgan fingerprint density at radius 1 is 1.25 bits per heavy atom. The van der Waals surface area contributed by atoms with Crippen molar-refractivity contribution in [2.24, 2.45) is 0 Å². The zero-order valence-electron chi connectivity index (χ0n) is 14.1. The molecule has 2 saturated heterocycles. The molecule has 0 unspecified atom stereocenters. The van der Waals surface area contributed by atoms with Crippen molar-refractivity contribution < 1.29 is 28.8 Å². The van der Waals surface area contributed by atoms with Gasteiger partial charge in [0.2, 0.25) is 0 Å². The van der Waals surface area contributed by atoms with E-state index in [0.29, 0.717) is 5.06 Å². The van der Waals surface area contributed by atoms with Crippen molar-refractivity contribution in [2.75, 3.05) is 0 Å². The smallest absolute Gasteiger partial charge is 0.408 e. The third-order valence-electron chi connectivity index (χ3n) is 3.33. The van der Waals surface area contributed by atoms with E-state index in [4.69, 9.17) is 9.57 Å². The number of hydroxylamine groups is 2. The summed E-state index contributed by atoms with van der Waals surface area (Å²) in [6.45, 7) is 6.84. The number of imide groups is 1. The maximum atomic E-state index is 12.3. The highest BCUT2D eigenvalue weighted by molar-refractivity contribution is 6.01. The molecule has 2 fully saturated rings. The van der Waals surface area contributed by atoms with Crippen molar-refractivity contribution in [3.05, 3.63) is 0 Å². The monoisotopic (exact) mass is 342 g/mol. The van der Waals surface area contributed by atoms with Gasteiger partial charge in [0.1, 0.15) is 11.6 Å². The zero-order valence-corrected chi connectivity index (χ0v) is 14.1. The van der Waals surface area contributed by atoms with Crippen LogP contribution in [0.3, 0.4) is 0 Å². The van der Waals surface area contributed by atoms with Gasteiger partial charge in [-0.1, -0.05) is 0 Å². The molecule has 3 N–H and O–H groups in total. The van der Waals surface area contributed by atoms with Gasteiger partial charge in [0, 0.05) is 19.3 Å². The maximum Gasteiger partial charge on any atom is 0.408 e. The molecule has 0 aliphatic carbocycles. The molecule has 1 atom stereocenters. The van der Waals surface area contributed by atoms with Crippen LogP contribution in [0.15, 0.2) is 0 Å². The van der Waals surface area contributed by atoms with Crippen LogP contribution in [0.2, 0.25) is 0 Å². The number of alkyl carbamates (subject to hydrolysis) is 1. The molecular weight excluding hydrogens is 320 g/mol. The fraction of sp³-hybridized carbons (Fsp3) is 0.714. The lowest BCUT2D eigenvalue weighted by atomic mass is 10.1. The summed E-state index contributed by atoms with van der Waals surface area (Å²) in [7, 11) is 0. The van der Waals surface area contributed by atoms with E-state index in [1.54, 1.807) is 27.7 Å². The van der Waals surface area contributed by atoms with Crippen LogP contribution in [0.25, 0.3) is 0 Å².